The Morgan fingerprint density at radius 3 is 2.47 bits per heavy atom. The molecule has 98 valence electrons. The summed E-state index contributed by atoms with van der Waals surface area (Å²) in [5.41, 5.74) is 10.7. The van der Waals surface area contributed by atoms with Crippen LogP contribution in [0.5, 0.6) is 11.5 Å². The monoisotopic (exact) mass is 280 g/mol. The van der Waals surface area contributed by atoms with E-state index in [0.717, 1.165) is 6.07 Å². The Bertz CT molecular complexity index is 647. The highest BCUT2D eigenvalue weighted by atomic mass is 35.5. The van der Waals surface area contributed by atoms with E-state index >= 15 is 0 Å². The Labute approximate surface area is 113 Å². The standard InChI is InChI=1S/C13H10ClFN2O2/c14-7-3-1-6-10(12(7)16)19-9-5-2-4-8(15)11(9)13(17)18/h1-6H,16H2,(H2,17,18). The van der Waals surface area contributed by atoms with Crippen molar-refractivity contribution < 1.29 is 13.9 Å². The maximum absolute atomic E-state index is 13.5. The largest absolute Gasteiger partial charge is 0.454 e. The summed E-state index contributed by atoms with van der Waals surface area (Å²) in [5.74, 6) is -1.47. The van der Waals surface area contributed by atoms with Crippen LogP contribution in [0.4, 0.5) is 10.1 Å². The first-order chi connectivity index (χ1) is 9.00. The Morgan fingerprint density at radius 2 is 1.79 bits per heavy atom. The van der Waals surface area contributed by atoms with E-state index < -0.39 is 11.7 Å². The van der Waals surface area contributed by atoms with Gasteiger partial charge in [-0.2, -0.15) is 0 Å². The van der Waals surface area contributed by atoms with E-state index in [1.54, 1.807) is 18.2 Å². The van der Waals surface area contributed by atoms with Crippen LogP contribution in [-0.4, -0.2) is 5.91 Å². The van der Waals surface area contributed by atoms with Crippen molar-refractivity contribution in [3.8, 4) is 11.5 Å². The molecule has 19 heavy (non-hydrogen) atoms. The number of anilines is 1. The highest BCUT2D eigenvalue weighted by Gasteiger charge is 2.16. The second kappa shape index (κ2) is 5.16. The van der Waals surface area contributed by atoms with Crippen molar-refractivity contribution >= 4 is 23.2 Å². The number of carbonyl (C=O) groups is 1. The van der Waals surface area contributed by atoms with Crippen molar-refractivity contribution in [2.45, 2.75) is 0 Å². The first-order valence-corrected chi connectivity index (χ1v) is 5.68. The third kappa shape index (κ3) is 2.61. The predicted octanol–water partition coefficient (Wildman–Crippen LogP) is 2.95. The molecule has 6 heteroatoms. The van der Waals surface area contributed by atoms with Crippen LogP contribution in [0.25, 0.3) is 0 Å². The van der Waals surface area contributed by atoms with Crippen molar-refractivity contribution in [3.05, 3.63) is 52.8 Å². The van der Waals surface area contributed by atoms with Gasteiger partial charge in [-0.3, -0.25) is 4.79 Å². The molecule has 0 saturated carbocycles. The Morgan fingerprint density at radius 1 is 1.16 bits per heavy atom. The molecule has 0 saturated heterocycles. The molecule has 2 aromatic carbocycles. The van der Waals surface area contributed by atoms with Crippen LogP contribution in [0.2, 0.25) is 5.02 Å². The quantitative estimate of drug-likeness (QED) is 0.849. The molecule has 4 N–H and O–H groups in total. The van der Waals surface area contributed by atoms with Gasteiger partial charge in [-0.25, -0.2) is 4.39 Å². The van der Waals surface area contributed by atoms with Crippen molar-refractivity contribution in [1.82, 2.24) is 0 Å². The third-order valence-corrected chi connectivity index (χ3v) is 2.78. The molecule has 0 aliphatic rings. The van der Waals surface area contributed by atoms with Gasteiger partial charge in [0.05, 0.1) is 10.7 Å². The van der Waals surface area contributed by atoms with E-state index in [0.29, 0.717) is 5.02 Å². The number of hydrogen-bond acceptors (Lipinski definition) is 3. The number of hydrogen-bond donors (Lipinski definition) is 2. The summed E-state index contributed by atoms with van der Waals surface area (Å²) in [7, 11) is 0. The number of primary amides is 1. The number of para-hydroxylation sites is 1. The fraction of sp³-hybridized carbons (Fsp3) is 0. The maximum Gasteiger partial charge on any atom is 0.255 e. The van der Waals surface area contributed by atoms with Crippen LogP contribution in [0, 0.1) is 5.82 Å². The van der Waals surface area contributed by atoms with Crippen LogP contribution < -0.4 is 16.2 Å². The minimum Gasteiger partial charge on any atom is -0.454 e. The van der Waals surface area contributed by atoms with Crippen LogP contribution >= 0.6 is 11.6 Å². The normalized spacial score (nSPS) is 10.2. The second-order valence-electron chi connectivity index (χ2n) is 3.73. The molecule has 0 aliphatic heterocycles. The number of benzene rings is 2. The van der Waals surface area contributed by atoms with Crippen LogP contribution in [0.15, 0.2) is 36.4 Å². The summed E-state index contributed by atoms with van der Waals surface area (Å²) in [6.07, 6.45) is 0. The zero-order chi connectivity index (χ0) is 14.0. The average Bonchev–Trinajstić information content (AvgIpc) is 2.34. The number of nitrogen functional groups attached to an aromatic ring is 1. The third-order valence-electron chi connectivity index (χ3n) is 2.45. The Hall–Kier alpha value is -2.27. The summed E-state index contributed by atoms with van der Waals surface area (Å²) in [5, 5.41) is 0.300. The fourth-order valence-electron chi connectivity index (χ4n) is 1.55. The summed E-state index contributed by atoms with van der Waals surface area (Å²) in [6, 6.07) is 8.70. The van der Waals surface area contributed by atoms with E-state index in [1.807, 2.05) is 0 Å². The van der Waals surface area contributed by atoms with Gasteiger partial charge in [-0.15, -0.1) is 0 Å². The molecule has 0 radical (unpaired) electrons. The van der Waals surface area contributed by atoms with Crippen LogP contribution in [0.3, 0.4) is 0 Å². The molecule has 1 amide bonds. The number of rotatable bonds is 3. The zero-order valence-corrected chi connectivity index (χ0v) is 10.4. The maximum atomic E-state index is 13.5. The Kier molecular flexibility index (Phi) is 3.57. The number of nitrogens with two attached hydrogens (primary N) is 2. The van der Waals surface area contributed by atoms with Gasteiger partial charge in [-0.1, -0.05) is 23.7 Å². The molecule has 0 atom stereocenters. The lowest BCUT2D eigenvalue weighted by atomic mass is 10.1. The van der Waals surface area contributed by atoms with E-state index in [1.165, 1.54) is 12.1 Å². The summed E-state index contributed by atoms with van der Waals surface area (Å²) in [6.45, 7) is 0. The minimum atomic E-state index is -0.923. The van der Waals surface area contributed by atoms with Gasteiger partial charge in [-0.05, 0) is 24.3 Å². The van der Waals surface area contributed by atoms with Gasteiger partial charge in [0.25, 0.3) is 5.91 Å². The zero-order valence-electron chi connectivity index (χ0n) is 9.69. The molecule has 2 rings (SSSR count). The lowest BCUT2D eigenvalue weighted by Gasteiger charge is -2.12. The lowest BCUT2D eigenvalue weighted by Crippen LogP contribution is -2.14. The van der Waals surface area contributed by atoms with Gasteiger partial charge >= 0.3 is 0 Å². The van der Waals surface area contributed by atoms with Crippen molar-refractivity contribution in [2.24, 2.45) is 5.73 Å². The van der Waals surface area contributed by atoms with Crippen molar-refractivity contribution in [1.29, 1.82) is 0 Å². The molecular weight excluding hydrogens is 271 g/mol. The SMILES string of the molecule is NC(=O)c1c(F)cccc1Oc1cccc(Cl)c1N. The molecule has 4 nitrogen and oxygen atoms in total. The van der Waals surface area contributed by atoms with Crippen molar-refractivity contribution in [2.75, 3.05) is 5.73 Å². The predicted molar refractivity (Wildman–Crippen MR) is 70.9 cm³/mol. The fourth-order valence-corrected chi connectivity index (χ4v) is 1.72. The van der Waals surface area contributed by atoms with E-state index in [-0.39, 0.29) is 22.7 Å². The first kappa shape index (κ1) is 13.2. The Balaban J connectivity index is 2.47. The molecule has 0 heterocycles. The minimum absolute atomic E-state index is 0.0125. The molecule has 0 unspecified atom stereocenters. The van der Waals surface area contributed by atoms with Gasteiger partial charge in [0.1, 0.15) is 17.1 Å². The molecule has 0 fully saturated rings. The lowest BCUT2D eigenvalue weighted by molar-refractivity contribution is 0.0994. The number of halogens is 2. The van der Waals surface area contributed by atoms with Crippen molar-refractivity contribution in [3.63, 3.8) is 0 Å². The average molecular weight is 281 g/mol. The molecule has 2 aromatic rings. The molecule has 0 spiro atoms. The number of ether oxygens (including phenoxy) is 1. The first-order valence-electron chi connectivity index (χ1n) is 5.31. The summed E-state index contributed by atoms with van der Waals surface area (Å²) < 4.78 is 19.0. The number of carbonyl (C=O) groups excluding carboxylic acids is 1. The van der Waals surface area contributed by atoms with Gasteiger partial charge in [0, 0.05) is 0 Å². The second-order valence-corrected chi connectivity index (χ2v) is 4.14. The highest BCUT2D eigenvalue weighted by Crippen LogP contribution is 2.34. The van der Waals surface area contributed by atoms with E-state index in [9.17, 15) is 9.18 Å². The molecule has 0 aromatic heterocycles. The highest BCUT2D eigenvalue weighted by molar-refractivity contribution is 6.33. The van der Waals surface area contributed by atoms with Gasteiger partial charge in [0.2, 0.25) is 0 Å². The van der Waals surface area contributed by atoms with Crippen LogP contribution in [-0.2, 0) is 0 Å². The smallest absolute Gasteiger partial charge is 0.255 e. The van der Waals surface area contributed by atoms with Gasteiger partial charge in [0.15, 0.2) is 5.75 Å². The van der Waals surface area contributed by atoms with Crippen LogP contribution in [0.1, 0.15) is 10.4 Å². The number of amides is 1. The van der Waals surface area contributed by atoms with Gasteiger partial charge < -0.3 is 16.2 Å². The summed E-state index contributed by atoms with van der Waals surface area (Å²) >= 11 is 5.84. The molecule has 0 bridgehead atoms. The molecule has 0 aliphatic carbocycles. The topological polar surface area (TPSA) is 78.3 Å². The van der Waals surface area contributed by atoms with E-state index in [4.69, 9.17) is 27.8 Å². The summed E-state index contributed by atoms with van der Waals surface area (Å²) in [4.78, 5) is 11.2. The van der Waals surface area contributed by atoms with E-state index in [2.05, 4.69) is 0 Å². The molecular formula is C13H10ClFN2O2.